The van der Waals surface area contributed by atoms with Gasteiger partial charge in [0.15, 0.2) is 0 Å². The number of thiophene rings is 1. The van der Waals surface area contributed by atoms with Gasteiger partial charge in [-0.2, -0.15) is 4.98 Å². The van der Waals surface area contributed by atoms with E-state index in [1.807, 2.05) is 42.6 Å². The van der Waals surface area contributed by atoms with Gasteiger partial charge in [0.05, 0.1) is 0 Å². The van der Waals surface area contributed by atoms with Crippen LogP contribution in [0.25, 0.3) is 0 Å². The summed E-state index contributed by atoms with van der Waals surface area (Å²) >= 11 is 1.88. The van der Waals surface area contributed by atoms with Crippen molar-refractivity contribution in [1.82, 2.24) is 14.9 Å². The summed E-state index contributed by atoms with van der Waals surface area (Å²) < 4.78 is 0. The van der Waals surface area contributed by atoms with Crippen LogP contribution >= 0.6 is 11.3 Å². The monoisotopic (exact) mass is 345 g/mol. The predicted octanol–water partition coefficient (Wildman–Crippen LogP) is 3.01. The third-order valence-electron chi connectivity index (χ3n) is 4.83. The zero-order valence-electron chi connectivity index (χ0n) is 15.1. The molecule has 0 saturated carbocycles. The summed E-state index contributed by atoms with van der Waals surface area (Å²) in [6.07, 6.45) is 4.22. The molecule has 0 bridgehead atoms. The normalized spacial score (nSPS) is 16.3. The molecule has 1 aliphatic heterocycles. The van der Waals surface area contributed by atoms with Gasteiger partial charge < -0.3 is 9.80 Å². The second-order valence-electron chi connectivity index (χ2n) is 6.75. The van der Waals surface area contributed by atoms with Gasteiger partial charge >= 0.3 is 0 Å². The van der Waals surface area contributed by atoms with E-state index in [1.54, 1.807) is 0 Å². The van der Waals surface area contributed by atoms with Crippen LogP contribution in [0.2, 0.25) is 0 Å². The van der Waals surface area contributed by atoms with Gasteiger partial charge in [-0.15, -0.1) is 11.3 Å². The van der Waals surface area contributed by atoms with Crippen molar-refractivity contribution in [1.29, 1.82) is 0 Å². The SMILES string of the molecule is Cc1ccsc1CN1CCC(N(C)c2ccnc(N(C)C)n2)CC1. The quantitative estimate of drug-likeness (QED) is 0.832. The first-order valence-electron chi connectivity index (χ1n) is 8.53. The van der Waals surface area contributed by atoms with Crippen LogP contribution in [0.1, 0.15) is 23.3 Å². The summed E-state index contributed by atoms with van der Waals surface area (Å²) in [7, 11) is 6.11. The van der Waals surface area contributed by atoms with Crippen LogP contribution < -0.4 is 9.80 Å². The zero-order valence-corrected chi connectivity index (χ0v) is 15.9. The summed E-state index contributed by atoms with van der Waals surface area (Å²) in [5, 5.41) is 2.20. The zero-order chi connectivity index (χ0) is 17.1. The van der Waals surface area contributed by atoms with Gasteiger partial charge in [-0.25, -0.2) is 4.98 Å². The second-order valence-corrected chi connectivity index (χ2v) is 7.75. The topological polar surface area (TPSA) is 35.5 Å². The minimum Gasteiger partial charge on any atom is -0.356 e. The molecule has 2 aromatic heterocycles. The molecule has 24 heavy (non-hydrogen) atoms. The molecule has 0 amide bonds. The third kappa shape index (κ3) is 3.87. The molecule has 0 aromatic carbocycles. The number of likely N-dealkylation sites (tertiary alicyclic amines) is 1. The Kier molecular flexibility index (Phi) is 5.36. The van der Waals surface area contributed by atoms with E-state index in [4.69, 9.17) is 0 Å². The van der Waals surface area contributed by atoms with Crippen molar-refractivity contribution in [2.45, 2.75) is 32.4 Å². The van der Waals surface area contributed by atoms with E-state index in [1.165, 1.54) is 23.3 Å². The van der Waals surface area contributed by atoms with Gasteiger partial charge in [-0.3, -0.25) is 4.90 Å². The molecule has 0 N–H and O–H groups in total. The first kappa shape index (κ1) is 17.2. The van der Waals surface area contributed by atoms with Crippen LogP contribution in [0.4, 0.5) is 11.8 Å². The summed E-state index contributed by atoms with van der Waals surface area (Å²) in [6.45, 7) is 5.61. The van der Waals surface area contributed by atoms with E-state index in [-0.39, 0.29) is 0 Å². The van der Waals surface area contributed by atoms with Crippen molar-refractivity contribution in [2.24, 2.45) is 0 Å². The molecule has 0 radical (unpaired) electrons. The van der Waals surface area contributed by atoms with Crippen LogP contribution in [0.15, 0.2) is 23.7 Å². The summed E-state index contributed by atoms with van der Waals surface area (Å²) in [5.41, 5.74) is 1.43. The molecule has 0 unspecified atom stereocenters. The predicted molar refractivity (Wildman–Crippen MR) is 102 cm³/mol. The van der Waals surface area contributed by atoms with Gasteiger partial charge in [-0.05, 0) is 42.8 Å². The minimum atomic E-state index is 0.551. The highest BCUT2D eigenvalue weighted by molar-refractivity contribution is 7.10. The van der Waals surface area contributed by atoms with Crippen molar-refractivity contribution in [3.05, 3.63) is 34.2 Å². The highest BCUT2D eigenvalue weighted by Gasteiger charge is 2.24. The molecule has 5 nitrogen and oxygen atoms in total. The fraction of sp³-hybridized carbons (Fsp3) is 0.556. The Morgan fingerprint density at radius 3 is 2.58 bits per heavy atom. The van der Waals surface area contributed by atoms with E-state index in [0.717, 1.165) is 31.4 Å². The van der Waals surface area contributed by atoms with Crippen molar-refractivity contribution >= 4 is 23.1 Å². The molecule has 1 saturated heterocycles. The van der Waals surface area contributed by atoms with Crippen LogP contribution in [-0.4, -0.2) is 55.1 Å². The maximum Gasteiger partial charge on any atom is 0.226 e. The highest BCUT2D eigenvalue weighted by atomic mass is 32.1. The number of aryl methyl sites for hydroxylation is 1. The maximum absolute atomic E-state index is 4.67. The Morgan fingerprint density at radius 2 is 1.96 bits per heavy atom. The molecule has 0 spiro atoms. The van der Waals surface area contributed by atoms with Crippen LogP contribution in [0.5, 0.6) is 0 Å². The minimum absolute atomic E-state index is 0.551. The molecule has 6 heteroatoms. The molecule has 2 aromatic rings. The summed E-state index contributed by atoms with van der Waals surface area (Å²) in [4.78, 5) is 17.3. The van der Waals surface area contributed by atoms with E-state index in [2.05, 4.69) is 45.2 Å². The fourth-order valence-corrected chi connectivity index (χ4v) is 4.12. The highest BCUT2D eigenvalue weighted by Crippen LogP contribution is 2.24. The largest absolute Gasteiger partial charge is 0.356 e. The van der Waals surface area contributed by atoms with Crippen molar-refractivity contribution in [2.75, 3.05) is 44.0 Å². The van der Waals surface area contributed by atoms with Gasteiger partial charge in [-0.1, -0.05) is 0 Å². The summed E-state index contributed by atoms with van der Waals surface area (Å²) in [5.74, 6) is 1.78. The number of anilines is 2. The smallest absolute Gasteiger partial charge is 0.226 e. The van der Waals surface area contributed by atoms with Gasteiger partial charge in [0.25, 0.3) is 0 Å². The average Bonchev–Trinajstić information content (AvgIpc) is 3.00. The number of nitrogens with zero attached hydrogens (tertiary/aromatic N) is 5. The maximum atomic E-state index is 4.67. The van der Waals surface area contributed by atoms with Gasteiger partial charge in [0.2, 0.25) is 5.95 Å². The van der Waals surface area contributed by atoms with Crippen molar-refractivity contribution < 1.29 is 0 Å². The summed E-state index contributed by atoms with van der Waals surface area (Å²) in [6, 6.07) is 4.78. The lowest BCUT2D eigenvalue weighted by molar-refractivity contribution is 0.204. The van der Waals surface area contributed by atoms with Crippen LogP contribution in [-0.2, 0) is 6.54 Å². The standard InChI is InChI=1S/C18H27N5S/c1-14-8-12-24-16(14)13-23-10-6-15(7-11-23)22(4)17-5-9-19-18(20-17)21(2)3/h5,8-9,12,15H,6-7,10-11,13H2,1-4H3. The third-order valence-corrected chi connectivity index (χ3v) is 5.84. The number of rotatable bonds is 5. The van der Waals surface area contributed by atoms with Crippen LogP contribution in [0.3, 0.4) is 0 Å². The fourth-order valence-electron chi connectivity index (χ4n) is 3.17. The number of piperidine rings is 1. The Hall–Kier alpha value is -1.66. The molecule has 0 atom stereocenters. The number of hydrogen-bond donors (Lipinski definition) is 0. The Balaban J connectivity index is 1.58. The molecule has 0 aliphatic carbocycles. The lowest BCUT2D eigenvalue weighted by Gasteiger charge is -2.37. The van der Waals surface area contributed by atoms with E-state index >= 15 is 0 Å². The van der Waals surface area contributed by atoms with E-state index < -0.39 is 0 Å². The Morgan fingerprint density at radius 1 is 1.21 bits per heavy atom. The number of aromatic nitrogens is 2. The Labute approximate surface area is 148 Å². The molecular weight excluding hydrogens is 318 g/mol. The second kappa shape index (κ2) is 7.49. The lowest BCUT2D eigenvalue weighted by Crippen LogP contribution is -2.43. The molecule has 1 aliphatic rings. The number of hydrogen-bond acceptors (Lipinski definition) is 6. The lowest BCUT2D eigenvalue weighted by atomic mass is 10.0. The molecule has 3 heterocycles. The molecule has 130 valence electrons. The molecule has 1 fully saturated rings. The first-order valence-corrected chi connectivity index (χ1v) is 9.41. The van der Waals surface area contributed by atoms with Crippen molar-refractivity contribution in [3.8, 4) is 0 Å². The molecule has 3 rings (SSSR count). The average molecular weight is 346 g/mol. The van der Waals surface area contributed by atoms with E-state index in [9.17, 15) is 0 Å². The first-order chi connectivity index (χ1) is 11.5. The van der Waals surface area contributed by atoms with E-state index in [0.29, 0.717) is 6.04 Å². The molecular formula is C18H27N5S. The van der Waals surface area contributed by atoms with Crippen molar-refractivity contribution in [3.63, 3.8) is 0 Å². The van der Waals surface area contributed by atoms with Gasteiger partial charge in [0, 0.05) is 57.9 Å². The Bertz CT molecular complexity index is 661. The van der Waals surface area contributed by atoms with Crippen LogP contribution in [0, 0.1) is 6.92 Å². The van der Waals surface area contributed by atoms with Gasteiger partial charge in [0.1, 0.15) is 5.82 Å².